The zero-order valence-corrected chi connectivity index (χ0v) is 24.9. The van der Waals surface area contributed by atoms with Crippen molar-refractivity contribution >= 4 is 40.1 Å². The molecule has 1 unspecified atom stereocenters. The van der Waals surface area contributed by atoms with E-state index in [0.717, 1.165) is 37.1 Å². The molecule has 2 amide bonds. The summed E-state index contributed by atoms with van der Waals surface area (Å²) >= 11 is 6.10. The highest BCUT2D eigenvalue weighted by Crippen LogP contribution is 2.33. The van der Waals surface area contributed by atoms with Gasteiger partial charge < -0.3 is 30.0 Å². The predicted octanol–water partition coefficient (Wildman–Crippen LogP) is 3.73. The van der Waals surface area contributed by atoms with Gasteiger partial charge in [0.2, 0.25) is 0 Å². The summed E-state index contributed by atoms with van der Waals surface area (Å²) in [6.07, 6.45) is 2.11. The van der Waals surface area contributed by atoms with Crippen molar-refractivity contribution < 1.29 is 19.4 Å². The Morgan fingerprint density at radius 3 is 2.47 bits per heavy atom. The number of imide groups is 1. The van der Waals surface area contributed by atoms with Crippen LogP contribution in [-0.2, 0) is 0 Å². The zero-order chi connectivity index (χ0) is 30.4. The van der Waals surface area contributed by atoms with Gasteiger partial charge in [-0.2, -0.15) is 0 Å². The number of likely N-dealkylation sites (tertiary alicyclic amines) is 1. The van der Waals surface area contributed by atoms with Crippen LogP contribution >= 0.6 is 11.6 Å². The second-order valence-electron chi connectivity index (χ2n) is 11.3. The lowest BCUT2D eigenvalue weighted by atomic mass is 10.0. The smallest absolute Gasteiger partial charge is 0.261 e. The molecular formula is C31H33ClN6O5. The third kappa shape index (κ3) is 5.51. The number of hydrogen-bond acceptors (Lipinski definition) is 8. The van der Waals surface area contributed by atoms with Crippen LogP contribution in [0.5, 0.6) is 5.75 Å². The molecule has 1 saturated heterocycles. The molecule has 1 atom stereocenters. The number of H-pyrrole nitrogens is 2. The van der Waals surface area contributed by atoms with E-state index in [1.54, 1.807) is 30.3 Å². The number of rotatable bonds is 8. The van der Waals surface area contributed by atoms with Crippen LogP contribution < -0.4 is 15.6 Å². The summed E-state index contributed by atoms with van der Waals surface area (Å²) in [6, 6.07) is 8.42. The molecule has 2 aliphatic rings. The first-order chi connectivity index (χ1) is 20.6. The number of carbonyl (C=O) groups is 2. The molecule has 0 radical (unpaired) electrons. The minimum atomic E-state index is -0.884. The summed E-state index contributed by atoms with van der Waals surface area (Å²) in [6.45, 7) is 5.57. The number of imidazole rings is 1. The fourth-order valence-corrected chi connectivity index (χ4v) is 6.25. The van der Waals surface area contributed by atoms with Gasteiger partial charge in [0.05, 0.1) is 27.8 Å². The number of piperidine rings is 1. The fourth-order valence-electron chi connectivity index (χ4n) is 5.92. The third-order valence-electron chi connectivity index (χ3n) is 8.14. The van der Waals surface area contributed by atoms with Crippen molar-refractivity contribution in [3.8, 4) is 17.1 Å². The van der Waals surface area contributed by atoms with Gasteiger partial charge in [0.1, 0.15) is 29.8 Å². The number of benzene rings is 2. The molecule has 0 spiro atoms. The average molecular weight is 605 g/mol. The first-order valence-electron chi connectivity index (χ1n) is 14.2. The molecule has 4 N–H and O–H groups in total. The number of aliphatic hydroxyl groups excluding tert-OH is 1. The number of pyridine rings is 1. The molecule has 0 aliphatic carbocycles. The summed E-state index contributed by atoms with van der Waals surface area (Å²) in [5.74, 6) is 0.336. The van der Waals surface area contributed by atoms with Crippen LogP contribution in [-0.4, -0.2) is 87.1 Å². The van der Waals surface area contributed by atoms with Gasteiger partial charge in [-0.05, 0) is 88.3 Å². The number of hydrogen-bond donors (Lipinski definition) is 4. The summed E-state index contributed by atoms with van der Waals surface area (Å²) in [7, 11) is 2.03. The van der Waals surface area contributed by atoms with Crippen LogP contribution in [0.2, 0.25) is 5.02 Å². The molecule has 2 aliphatic heterocycles. The van der Waals surface area contributed by atoms with Crippen molar-refractivity contribution in [1.29, 1.82) is 0 Å². The van der Waals surface area contributed by atoms with E-state index in [0.29, 0.717) is 38.6 Å². The van der Waals surface area contributed by atoms with E-state index < -0.39 is 11.7 Å². The highest BCUT2D eigenvalue weighted by Gasteiger charge is 2.41. The fraction of sp³-hybridized carbons (Fsp3) is 0.355. The molecule has 4 heterocycles. The van der Waals surface area contributed by atoms with E-state index in [2.05, 4.69) is 25.2 Å². The molecule has 0 bridgehead atoms. The number of halogens is 1. The maximum absolute atomic E-state index is 13.3. The number of aromatic amines is 2. The van der Waals surface area contributed by atoms with Gasteiger partial charge in [-0.1, -0.05) is 11.6 Å². The minimum Gasteiger partial charge on any atom is -0.490 e. The number of fused-ring (bicyclic) bond motifs is 2. The number of aryl methyl sites for hydroxylation is 2. The van der Waals surface area contributed by atoms with Crippen LogP contribution in [0.15, 0.2) is 41.3 Å². The number of aliphatic hydroxyl groups is 1. The first kappa shape index (κ1) is 28.9. The highest BCUT2D eigenvalue weighted by molar-refractivity contribution is 6.30. The lowest BCUT2D eigenvalue weighted by Crippen LogP contribution is -2.46. The molecule has 1 fully saturated rings. The Kier molecular flexibility index (Phi) is 7.72. The standard InChI is InChI=1S/C31H33ClN6O5/c1-16-10-18(32)11-17(2)27(16)43-15-20(39)14-34-23-4-7-33-29(40)26(23)28-35-24-12-21-22(13-25(24)36-28)31(42)38(30(21)41)19-5-8-37(3)9-6-19/h4,7,10-13,19-20,39H,5-6,8-9,14-15H2,1-3H3,(H,35,36)(H2,33,34,40). The largest absolute Gasteiger partial charge is 0.490 e. The van der Waals surface area contributed by atoms with Gasteiger partial charge in [-0.15, -0.1) is 0 Å². The number of nitrogens with zero attached hydrogens (tertiary/aromatic N) is 3. The second-order valence-corrected chi connectivity index (χ2v) is 11.8. The molecule has 11 nitrogen and oxygen atoms in total. The Balaban J connectivity index is 1.20. The lowest BCUT2D eigenvalue weighted by molar-refractivity contribution is 0.0516. The monoisotopic (exact) mass is 604 g/mol. The topological polar surface area (TPSA) is 144 Å². The van der Waals surface area contributed by atoms with Gasteiger partial charge in [0.15, 0.2) is 0 Å². The van der Waals surface area contributed by atoms with Crippen molar-refractivity contribution in [2.45, 2.75) is 38.8 Å². The van der Waals surface area contributed by atoms with Gasteiger partial charge in [-0.3, -0.25) is 19.3 Å². The maximum Gasteiger partial charge on any atom is 0.261 e. The Morgan fingerprint density at radius 2 is 1.77 bits per heavy atom. The van der Waals surface area contributed by atoms with E-state index in [4.69, 9.17) is 16.3 Å². The number of ether oxygens (including phenoxy) is 1. The average Bonchev–Trinajstić information content (AvgIpc) is 3.48. The van der Waals surface area contributed by atoms with Crippen molar-refractivity contribution in [3.63, 3.8) is 0 Å². The number of nitrogens with one attached hydrogen (secondary N) is 3. The van der Waals surface area contributed by atoms with Crippen molar-refractivity contribution in [2.75, 3.05) is 38.6 Å². The van der Waals surface area contributed by atoms with Crippen LogP contribution in [0.4, 0.5) is 5.69 Å². The Morgan fingerprint density at radius 1 is 1.09 bits per heavy atom. The SMILES string of the molecule is Cc1cc(Cl)cc(C)c1OCC(O)CNc1cc[nH]c(=O)c1-c1nc2cc3c(cc2[nH]1)C(=O)N(C1CCN(C)CC1)C3=O. The molecule has 2 aromatic carbocycles. The summed E-state index contributed by atoms with van der Waals surface area (Å²) in [4.78, 5) is 53.6. The molecule has 12 heteroatoms. The van der Waals surface area contributed by atoms with Gasteiger partial charge in [0, 0.05) is 23.8 Å². The van der Waals surface area contributed by atoms with Crippen molar-refractivity contribution in [3.05, 3.63) is 74.2 Å². The molecule has 224 valence electrons. The number of carbonyl (C=O) groups excluding carboxylic acids is 2. The number of anilines is 1. The van der Waals surface area contributed by atoms with Crippen molar-refractivity contribution in [2.24, 2.45) is 0 Å². The molecule has 6 rings (SSSR count). The molecule has 43 heavy (non-hydrogen) atoms. The summed E-state index contributed by atoms with van der Waals surface area (Å²) in [5.41, 5.74) is 3.70. The molecule has 0 saturated carbocycles. The second kappa shape index (κ2) is 11.5. The minimum absolute atomic E-state index is 0.0294. The van der Waals surface area contributed by atoms with Gasteiger partial charge in [0.25, 0.3) is 17.4 Å². The number of amides is 2. The molecule has 2 aromatic heterocycles. The van der Waals surface area contributed by atoms with Gasteiger partial charge in [-0.25, -0.2) is 4.98 Å². The van der Waals surface area contributed by atoms with Crippen LogP contribution in [0, 0.1) is 13.8 Å². The highest BCUT2D eigenvalue weighted by atomic mass is 35.5. The van der Waals surface area contributed by atoms with Crippen molar-refractivity contribution in [1.82, 2.24) is 24.8 Å². The van der Waals surface area contributed by atoms with E-state index in [1.807, 2.05) is 20.9 Å². The molecule has 4 aromatic rings. The normalized spacial score (nSPS) is 16.6. The van der Waals surface area contributed by atoms with Crippen LogP contribution in [0.25, 0.3) is 22.4 Å². The summed E-state index contributed by atoms with van der Waals surface area (Å²) < 4.78 is 5.86. The third-order valence-corrected chi connectivity index (χ3v) is 8.36. The predicted molar refractivity (Wildman–Crippen MR) is 164 cm³/mol. The maximum atomic E-state index is 13.3. The van der Waals surface area contributed by atoms with E-state index >= 15 is 0 Å². The quantitative estimate of drug-likeness (QED) is 0.223. The lowest BCUT2D eigenvalue weighted by Gasteiger charge is -2.33. The Labute approximate surface area is 252 Å². The van der Waals surface area contributed by atoms with Crippen LogP contribution in [0.3, 0.4) is 0 Å². The summed E-state index contributed by atoms with van der Waals surface area (Å²) in [5, 5.41) is 14.4. The van der Waals surface area contributed by atoms with Gasteiger partial charge >= 0.3 is 0 Å². The van der Waals surface area contributed by atoms with Crippen LogP contribution in [0.1, 0.15) is 44.7 Å². The Bertz CT molecular complexity index is 1720. The van der Waals surface area contributed by atoms with E-state index in [9.17, 15) is 19.5 Å². The zero-order valence-electron chi connectivity index (χ0n) is 24.2. The van der Waals surface area contributed by atoms with E-state index in [-0.39, 0.29) is 42.4 Å². The van der Waals surface area contributed by atoms with E-state index in [1.165, 1.54) is 11.1 Å². The Hall–Kier alpha value is -4.19. The first-order valence-corrected chi connectivity index (χ1v) is 14.6. The molecular weight excluding hydrogens is 572 g/mol. The number of aromatic nitrogens is 3.